The molecular weight excluding hydrogens is 266 g/mol. The van der Waals surface area contributed by atoms with Crippen LogP contribution in [0, 0.1) is 0 Å². The van der Waals surface area contributed by atoms with Gasteiger partial charge < -0.3 is 10.2 Å². The lowest BCUT2D eigenvalue weighted by Gasteiger charge is -2.31. The number of likely N-dealkylation sites (N-methyl/N-ethyl adjacent to an activating group) is 1. The molecule has 0 bridgehead atoms. The van der Waals surface area contributed by atoms with Gasteiger partial charge in [0.1, 0.15) is 4.90 Å². The summed E-state index contributed by atoms with van der Waals surface area (Å²) in [6, 6.07) is 6.44. The number of carbonyl (C=O) groups is 1. The molecule has 0 atom stereocenters. The molecule has 1 amide bonds. The second-order valence-electron chi connectivity index (χ2n) is 4.47. The second-order valence-corrected chi connectivity index (χ2v) is 6.37. The first kappa shape index (κ1) is 14.0. The summed E-state index contributed by atoms with van der Waals surface area (Å²) in [7, 11) is -1.59. The summed E-state index contributed by atoms with van der Waals surface area (Å²) in [6.07, 6.45) is 0.484. The third-order valence-electron chi connectivity index (χ3n) is 3.18. The molecule has 0 radical (unpaired) electrons. The number of hydrogen-bond donors (Lipinski definition) is 1. The van der Waals surface area contributed by atoms with Crippen molar-refractivity contribution in [2.75, 3.05) is 38.5 Å². The monoisotopic (exact) mass is 283 g/mol. The number of para-hydroxylation sites is 1. The van der Waals surface area contributed by atoms with E-state index in [-0.39, 0.29) is 4.90 Å². The molecule has 0 spiro atoms. The molecule has 1 aliphatic heterocycles. The zero-order valence-electron chi connectivity index (χ0n) is 10.7. The van der Waals surface area contributed by atoms with Gasteiger partial charge in [0.25, 0.3) is 0 Å². The molecule has 0 aliphatic carbocycles. The molecule has 2 rings (SSSR count). The molecular formula is C12H17N3O3S. The number of rotatable bonds is 4. The Morgan fingerprint density at radius 1 is 1.16 bits per heavy atom. The zero-order chi connectivity index (χ0) is 13.9. The average Bonchev–Trinajstić information content (AvgIpc) is 2.40. The van der Waals surface area contributed by atoms with E-state index >= 15 is 0 Å². The highest BCUT2D eigenvalue weighted by molar-refractivity contribution is 7.89. The number of piperazine rings is 1. The number of nitrogens with one attached hydrogen (secondary N) is 1. The Morgan fingerprint density at radius 2 is 1.79 bits per heavy atom. The van der Waals surface area contributed by atoms with E-state index in [9.17, 15) is 13.2 Å². The van der Waals surface area contributed by atoms with Crippen molar-refractivity contribution in [3.05, 3.63) is 24.3 Å². The minimum Gasteiger partial charge on any atom is -0.328 e. The highest BCUT2D eigenvalue weighted by Gasteiger charge is 2.29. The number of sulfonamides is 1. The zero-order valence-corrected chi connectivity index (χ0v) is 11.6. The van der Waals surface area contributed by atoms with Crippen LogP contribution in [-0.2, 0) is 14.8 Å². The third kappa shape index (κ3) is 2.94. The van der Waals surface area contributed by atoms with Crippen molar-refractivity contribution in [1.29, 1.82) is 0 Å². The van der Waals surface area contributed by atoms with E-state index in [0.717, 1.165) is 0 Å². The normalized spacial score (nSPS) is 18.2. The molecule has 1 heterocycles. The molecule has 1 aromatic rings. The number of anilines is 1. The van der Waals surface area contributed by atoms with E-state index in [1.807, 2.05) is 7.05 Å². The minimum absolute atomic E-state index is 0.145. The van der Waals surface area contributed by atoms with Gasteiger partial charge in [0.2, 0.25) is 16.4 Å². The maximum Gasteiger partial charge on any atom is 0.245 e. The quantitative estimate of drug-likeness (QED) is 0.801. The topological polar surface area (TPSA) is 69.7 Å². The molecule has 1 aromatic carbocycles. The number of carbonyl (C=O) groups excluding carboxylic acids is 1. The largest absolute Gasteiger partial charge is 0.328 e. The van der Waals surface area contributed by atoms with Crippen LogP contribution in [0.5, 0.6) is 0 Å². The van der Waals surface area contributed by atoms with Crippen molar-refractivity contribution in [1.82, 2.24) is 9.21 Å². The van der Waals surface area contributed by atoms with Crippen molar-refractivity contribution in [2.45, 2.75) is 4.90 Å². The fourth-order valence-corrected chi connectivity index (χ4v) is 3.62. The third-order valence-corrected chi connectivity index (χ3v) is 5.14. The molecule has 6 nitrogen and oxygen atoms in total. The van der Waals surface area contributed by atoms with E-state index in [1.165, 1.54) is 10.4 Å². The van der Waals surface area contributed by atoms with Crippen LogP contribution in [0.4, 0.5) is 5.69 Å². The molecule has 104 valence electrons. The summed E-state index contributed by atoms with van der Waals surface area (Å²) in [5.41, 5.74) is 0.316. The lowest BCUT2D eigenvalue weighted by atomic mass is 10.3. The van der Waals surface area contributed by atoms with E-state index in [2.05, 4.69) is 10.2 Å². The highest BCUT2D eigenvalue weighted by Crippen LogP contribution is 2.24. The van der Waals surface area contributed by atoms with Crippen molar-refractivity contribution in [3.63, 3.8) is 0 Å². The van der Waals surface area contributed by atoms with E-state index < -0.39 is 10.0 Å². The predicted molar refractivity (Wildman–Crippen MR) is 72.4 cm³/mol. The van der Waals surface area contributed by atoms with Gasteiger partial charge in [0.05, 0.1) is 5.69 Å². The minimum atomic E-state index is -3.55. The number of nitrogens with zero attached hydrogens (tertiary/aromatic N) is 2. The number of benzene rings is 1. The van der Waals surface area contributed by atoms with Crippen molar-refractivity contribution >= 4 is 22.1 Å². The lowest BCUT2D eigenvalue weighted by molar-refractivity contribution is -0.105. The summed E-state index contributed by atoms with van der Waals surface area (Å²) in [4.78, 5) is 12.8. The smallest absolute Gasteiger partial charge is 0.245 e. The highest BCUT2D eigenvalue weighted by atomic mass is 32.2. The van der Waals surface area contributed by atoms with E-state index in [0.29, 0.717) is 38.3 Å². The molecule has 1 fully saturated rings. The van der Waals surface area contributed by atoms with Gasteiger partial charge >= 0.3 is 0 Å². The number of amides is 1. The molecule has 1 N–H and O–H groups in total. The van der Waals surface area contributed by atoms with Gasteiger partial charge in [-0.25, -0.2) is 8.42 Å². The fraction of sp³-hybridized carbons (Fsp3) is 0.417. The fourth-order valence-electron chi connectivity index (χ4n) is 2.04. The Bertz CT molecular complexity index is 551. The first-order valence-corrected chi connectivity index (χ1v) is 7.47. The molecule has 0 saturated carbocycles. The van der Waals surface area contributed by atoms with Crippen LogP contribution in [0.3, 0.4) is 0 Å². The van der Waals surface area contributed by atoms with Crippen LogP contribution in [0.2, 0.25) is 0 Å². The summed E-state index contributed by atoms with van der Waals surface area (Å²) in [6.45, 7) is 2.35. The van der Waals surface area contributed by atoms with Crippen molar-refractivity contribution in [3.8, 4) is 0 Å². The van der Waals surface area contributed by atoms with Gasteiger partial charge in [-0.3, -0.25) is 4.79 Å². The van der Waals surface area contributed by atoms with Crippen LogP contribution in [0.1, 0.15) is 0 Å². The van der Waals surface area contributed by atoms with Crippen LogP contribution < -0.4 is 5.32 Å². The summed E-state index contributed by atoms with van der Waals surface area (Å²) in [5.74, 6) is 0. The molecule has 1 aliphatic rings. The van der Waals surface area contributed by atoms with Gasteiger partial charge in [0, 0.05) is 26.2 Å². The second kappa shape index (κ2) is 5.68. The van der Waals surface area contributed by atoms with E-state index in [4.69, 9.17) is 0 Å². The summed E-state index contributed by atoms with van der Waals surface area (Å²) < 4.78 is 26.5. The first-order valence-electron chi connectivity index (χ1n) is 6.03. The maximum absolute atomic E-state index is 12.5. The Kier molecular flexibility index (Phi) is 4.18. The average molecular weight is 283 g/mol. The molecule has 19 heavy (non-hydrogen) atoms. The molecule has 1 saturated heterocycles. The van der Waals surface area contributed by atoms with Gasteiger partial charge in [-0.05, 0) is 19.2 Å². The van der Waals surface area contributed by atoms with Crippen LogP contribution in [0.15, 0.2) is 29.2 Å². The summed E-state index contributed by atoms with van der Waals surface area (Å²) in [5, 5.41) is 2.43. The summed E-state index contributed by atoms with van der Waals surface area (Å²) >= 11 is 0. The Hall–Kier alpha value is -1.44. The van der Waals surface area contributed by atoms with Gasteiger partial charge in [0.15, 0.2) is 0 Å². The van der Waals surface area contributed by atoms with Gasteiger partial charge in [-0.1, -0.05) is 12.1 Å². The SMILES string of the molecule is CN1CCN(S(=O)(=O)c2ccccc2NC=O)CC1. The predicted octanol–water partition coefficient (Wildman–Crippen LogP) is 0.191. The van der Waals surface area contributed by atoms with Crippen LogP contribution in [0.25, 0.3) is 0 Å². The van der Waals surface area contributed by atoms with Crippen molar-refractivity contribution in [2.24, 2.45) is 0 Å². The molecule has 0 aromatic heterocycles. The Labute approximate surface area is 113 Å². The Balaban J connectivity index is 2.31. The molecule has 7 heteroatoms. The van der Waals surface area contributed by atoms with Crippen LogP contribution in [-0.4, -0.2) is 57.3 Å². The maximum atomic E-state index is 12.5. The van der Waals surface area contributed by atoms with E-state index in [1.54, 1.807) is 18.2 Å². The van der Waals surface area contributed by atoms with Gasteiger partial charge in [-0.15, -0.1) is 0 Å². The lowest BCUT2D eigenvalue weighted by Crippen LogP contribution is -2.47. The first-order chi connectivity index (χ1) is 9.05. The van der Waals surface area contributed by atoms with Crippen molar-refractivity contribution < 1.29 is 13.2 Å². The Morgan fingerprint density at radius 3 is 2.42 bits per heavy atom. The standard InChI is InChI=1S/C12H17N3O3S/c1-14-6-8-15(9-7-14)19(17,18)12-5-3-2-4-11(12)13-10-16/h2-5,10H,6-9H2,1H3,(H,13,16). The molecule has 0 unspecified atom stereocenters. The van der Waals surface area contributed by atoms with Crippen LogP contribution >= 0.6 is 0 Å². The number of hydrogen-bond acceptors (Lipinski definition) is 4. The van der Waals surface area contributed by atoms with Gasteiger partial charge in [-0.2, -0.15) is 4.31 Å².